The zero-order valence-corrected chi connectivity index (χ0v) is 7.58. The number of aliphatic imine (C=N–C) groups is 1. The van der Waals surface area contributed by atoms with Gasteiger partial charge in [0.25, 0.3) is 0 Å². The number of nitriles is 1. The number of rotatable bonds is 2. The van der Waals surface area contributed by atoms with Gasteiger partial charge in [-0.2, -0.15) is 10.3 Å². The van der Waals surface area contributed by atoms with Gasteiger partial charge in [-0.15, -0.1) is 13.2 Å². The molecular weight excluding hydrogens is 225 g/mol. The average Bonchev–Trinajstić information content (AvgIpc) is 2.16. The van der Waals surface area contributed by atoms with Crippen LogP contribution in [-0.2, 0) is 4.79 Å². The first kappa shape index (κ1) is 11.8. The van der Waals surface area contributed by atoms with Crippen molar-refractivity contribution in [1.29, 1.82) is 5.26 Å². The van der Waals surface area contributed by atoms with E-state index in [-0.39, 0.29) is 11.3 Å². The Bertz CT molecular complexity index is 485. The molecule has 0 radical (unpaired) electrons. The molecule has 1 aromatic carbocycles. The van der Waals surface area contributed by atoms with Crippen molar-refractivity contribution in [3.05, 3.63) is 23.8 Å². The Balaban J connectivity index is 3.13. The Labute approximate surface area is 87.6 Å². The molecule has 7 heteroatoms. The number of carbonyl (C=O) groups excluding carboxylic acids is 1. The molecule has 4 nitrogen and oxygen atoms in total. The minimum absolute atomic E-state index is 0.0436. The summed E-state index contributed by atoms with van der Waals surface area (Å²) in [5, 5.41) is 8.57. The summed E-state index contributed by atoms with van der Waals surface area (Å²) < 4.78 is 39.1. The molecule has 0 atom stereocenters. The van der Waals surface area contributed by atoms with Crippen molar-refractivity contribution < 1.29 is 22.7 Å². The maximum absolute atomic E-state index is 11.8. The predicted molar refractivity (Wildman–Crippen MR) is 45.6 cm³/mol. The van der Waals surface area contributed by atoms with Crippen molar-refractivity contribution in [3.63, 3.8) is 0 Å². The van der Waals surface area contributed by atoms with Crippen LogP contribution in [0.4, 0.5) is 18.9 Å². The van der Waals surface area contributed by atoms with Gasteiger partial charge in [0.05, 0.1) is 11.3 Å². The number of isocyanates is 1. The van der Waals surface area contributed by atoms with Gasteiger partial charge in [-0.25, -0.2) is 4.79 Å². The molecule has 0 saturated carbocycles. The van der Waals surface area contributed by atoms with E-state index in [1.54, 1.807) is 6.07 Å². The third-order valence-corrected chi connectivity index (χ3v) is 1.49. The first-order chi connectivity index (χ1) is 7.46. The van der Waals surface area contributed by atoms with Crippen molar-refractivity contribution in [2.45, 2.75) is 6.36 Å². The maximum Gasteiger partial charge on any atom is 0.573 e. The largest absolute Gasteiger partial charge is 0.573 e. The van der Waals surface area contributed by atoms with E-state index in [4.69, 9.17) is 5.26 Å². The third kappa shape index (κ3) is 3.12. The molecule has 0 amide bonds. The van der Waals surface area contributed by atoms with Gasteiger partial charge in [0.2, 0.25) is 6.08 Å². The van der Waals surface area contributed by atoms with Crippen molar-refractivity contribution in [2.24, 2.45) is 4.99 Å². The quantitative estimate of drug-likeness (QED) is 0.576. The number of hydrogen-bond donors (Lipinski definition) is 0. The monoisotopic (exact) mass is 228 g/mol. The number of alkyl halides is 3. The van der Waals surface area contributed by atoms with Crippen molar-refractivity contribution >= 4 is 11.8 Å². The number of ether oxygens (including phenoxy) is 1. The van der Waals surface area contributed by atoms with E-state index >= 15 is 0 Å². The SMILES string of the molecule is N#Cc1ccc(OC(F)(F)F)cc1N=C=O. The van der Waals surface area contributed by atoms with E-state index in [0.29, 0.717) is 0 Å². The molecule has 0 aromatic heterocycles. The Morgan fingerprint density at radius 2 is 2.06 bits per heavy atom. The van der Waals surface area contributed by atoms with E-state index in [1.165, 1.54) is 0 Å². The Morgan fingerprint density at radius 3 is 2.56 bits per heavy atom. The average molecular weight is 228 g/mol. The highest BCUT2D eigenvalue weighted by molar-refractivity contribution is 5.60. The van der Waals surface area contributed by atoms with E-state index in [1.807, 2.05) is 0 Å². The molecule has 0 saturated heterocycles. The molecule has 0 bridgehead atoms. The second kappa shape index (κ2) is 4.47. The van der Waals surface area contributed by atoms with Crippen LogP contribution in [0.5, 0.6) is 5.75 Å². The molecule has 0 aliphatic carbocycles. The highest BCUT2D eigenvalue weighted by Crippen LogP contribution is 2.28. The Morgan fingerprint density at radius 1 is 1.38 bits per heavy atom. The minimum Gasteiger partial charge on any atom is -0.406 e. The fraction of sp³-hybridized carbons (Fsp3) is 0.111. The first-order valence-electron chi connectivity index (χ1n) is 3.84. The van der Waals surface area contributed by atoms with E-state index in [0.717, 1.165) is 24.3 Å². The van der Waals surface area contributed by atoms with Gasteiger partial charge in [0.15, 0.2) is 0 Å². The number of hydrogen-bond acceptors (Lipinski definition) is 4. The van der Waals surface area contributed by atoms with Crippen LogP contribution in [0.3, 0.4) is 0 Å². The van der Waals surface area contributed by atoms with Gasteiger partial charge in [0, 0.05) is 6.07 Å². The van der Waals surface area contributed by atoms with Gasteiger partial charge in [0.1, 0.15) is 11.8 Å². The second-order valence-electron chi connectivity index (χ2n) is 2.54. The highest BCUT2D eigenvalue weighted by Gasteiger charge is 2.31. The van der Waals surface area contributed by atoms with Crippen LogP contribution >= 0.6 is 0 Å². The van der Waals surface area contributed by atoms with Crippen molar-refractivity contribution in [2.75, 3.05) is 0 Å². The summed E-state index contributed by atoms with van der Waals surface area (Å²) in [6, 6.07) is 4.51. The summed E-state index contributed by atoms with van der Waals surface area (Å²) in [5.41, 5.74) is -0.267. The van der Waals surface area contributed by atoms with Crippen LogP contribution in [0.15, 0.2) is 23.2 Å². The van der Waals surface area contributed by atoms with Crippen LogP contribution in [-0.4, -0.2) is 12.4 Å². The summed E-state index contributed by atoms with van der Waals surface area (Å²) >= 11 is 0. The van der Waals surface area contributed by atoms with Crippen LogP contribution in [0.2, 0.25) is 0 Å². The van der Waals surface area contributed by atoms with Gasteiger partial charge in [-0.3, -0.25) is 0 Å². The maximum atomic E-state index is 11.8. The van der Waals surface area contributed by atoms with Gasteiger partial charge >= 0.3 is 6.36 Å². The van der Waals surface area contributed by atoms with Gasteiger partial charge < -0.3 is 4.74 Å². The summed E-state index contributed by atoms with van der Waals surface area (Å²) in [5.74, 6) is -0.555. The molecule has 0 fully saturated rings. The molecule has 0 N–H and O–H groups in total. The molecule has 0 aliphatic rings. The summed E-state index contributed by atoms with van der Waals surface area (Å²) in [7, 11) is 0. The Kier molecular flexibility index (Phi) is 3.28. The lowest BCUT2D eigenvalue weighted by Crippen LogP contribution is -2.17. The minimum atomic E-state index is -4.84. The predicted octanol–water partition coefficient (Wildman–Crippen LogP) is 2.42. The molecule has 82 valence electrons. The molecule has 1 aromatic rings. The van der Waals surface area contributed by atoms with Crippen LogP contribution in [0, 0.1) is 11.3 Å². The smallest absolute Gasteiger partial charge is 0.406 e. The lowest BCUT2D eigenvalue weighted by Gasteiger charge is -2.08. The number of benzene rings is 1. The molecule has 16 heavy (non-hydrogen) atoms. The molecule has 0 unspecified atom stereocenters. The zero-order valence-electron chi connectivity index (χ0n) is 7.58. The number of nitrogens with zero attached hydrogens (tertiary/aromatic N) is 2. The molecular formula is C9H3F3N2O2. The van der Waals surface area contributed by atoms with Crippen LogP contribution in [0.1, 0.15) is 5.56 Å². The fourth-order valence-electron chi connectivity index (χ4n) is 0.945. The van der Waals surface area contributed by atoms with Gasteiger partial charge in [-0.05, 0) is 12.1 Å². The summed E-state index contributed by atoms with van der Waals surface area (Å²) in [4.78, 5) is 13.1. The number of halogens is 3. The van der Waals surface area contributed by atoms with Crippen LogP contribution in [0.25, 0.3) is 0 Å². The van der Waals surface area contributed by atoms with E-state index in [9.17, 15) is 18.0 Å². The normalized spacial score (nSPS) is 10.1. The topological polar surface area (TPSA) is 62.4 Å². The summed E-state index contributed by atoms with van der Waals surface area (Å²) in [6.07, 6.45) is -3.70. The van der Waals surface area contributed by atoms with Crippen molar-refractivity contribution in [1.82, 2.24) is 0 Å². The van der Waals surface area contributed by atoms with Crippen LogP contribution < -0.4 is 4.74 Å². The molecule has 1 rings (SSSR count). The fourth-order valence-corrected chi connectivity index (χ4v) is 0.945. The third-order valence-electron chi connectivity index (χ3n) is 1.49. The first-order valence-corrected chi connectivity index (χ1v) is 3.84. The van der Waals surface area contributed by atoms with E-state index in [2.05, 4.69) is 9.73 Å². The summed E-state index contributed by atoms with van der Waals surface area (Å²) in [6.45, 7) is 0. The lowest BCUT2D eigenvalue weighted by atomic mass is 10.2. The lowest BCUT2D eigenvalue weighted by molar-refractivity contribution is -0.274. The molecule has 0 spiro atoms. The van der Waals surface area contributed by atoms with Gasteiger partial charge in [-0.1, -0.05) is 0 Å². The molecule has 0 heterocycles. The standard InChI is InChI=1S/C9H3F3N2O2/c10-9(11,12)16-7-2-1-6(4-13)8(3-7)14-5-15/h1-3H. The highest BCUT2D eigenvalue weighted by atomic mass is 19.4. The van der Waals surface area contributed by atoms with E-state index < -0.39 is 12.1 Å². The Hall–Kier alpha value is -2.32. The second-order valence-corrected chi connectivity index (χ2v) is 2.54. The van der Waals surface area contributed by atoms with Crippen molar-refractivity contribution in [3.8, 4) is 11.8 Å². The zero-order chi connectivity index (χ0) is 12.2. The molecule has 0 aliphatic heterocycles.